The lowest BCUT2D eigenvalue weighted by atomic mass is 9.82. The Kier molecular flexibility index (Phi) is 7.36. The third-order valence-electron chi connectivity index (χ3n) is 13.5. The third kappa shape index (κ3) is 5.06. The summed E-state index contributed by atoms with van der Waals surface area (Å²) in [5, 5.41) is 9.30. The summed E-state index contributed by atoms with van der Waals surface area (Å²) in [5.41, 5.74) is 16.3. The highest BCUT2D eigenvalue weighted by molar-refractivity contribution is 6.17. The molecule has 292 valence electrons. The van der Waals surface area contributed by atoms with E-state index in [0.717, 1.165) is 77.6 Å². The summed E-state index contributed by atoms with van der Waals surface area (Å²) in [6.07, 6.45) is 0. The zero-order valence-electron chi connectivity index (χ0n) is 34.3. The van der Waals surface area contributed by atoms with Crippen LogP contribution in [0.5, 0.6) is 0 Å². The first-order valence-corrected chi connectivity index (χ1v) is 21.4. The van der Waals surface area contributed by atoms with E-state index in [2.05, 4.69) is 207 Å². The maximum absolute atomic E-state index is 6.61. The predicted molar refractivity (Wildman–Crippen MR) is 259 cm³/mol. The van der Waals surface area contributed by atoms with Crippen LogP contribution in [0.15, 0.2) is 209 Å². The molecule has 0 radical (unpaired) electrons. The average molecular weight is 794 g/mol. The van der Waals surface area contributed by atoms with Crippen LogP contribution in [0, 0.1) is 0 Å². The molecular weight excluding hydrogens is 755 g/mol. The molecule has 2 heterocycles. The molecule has 10 aromatic carbocycles. The first-order chi connectivity index (χ1) is 30.5. The molecule has 1 aliphatic carbocycles. The molecule has 0 fully saturated rings. The van der Waals surface area contributed by atoms with Crippen molar-refractivity contribution >= 4 is 82.5 Å². The molecule has 3 nitrogen and oxygen atoms in total. The summed E-state index contributed by atoms with van der Waals surface area (Å²) in [4.78, 5) is 2.45. The van der Waals surface area contributed by atoms with Crippen LogP contribution in [0.1, 0.15) is 25.0 Å². The van der Waals surface area contributed by atoms with Gasteiger partial charge in [-0.05, 0) is 121 Å². The molecule has 0 spiro atoms. The molecule has 0 amide bonds. The summed E-state index contributed by atoms with van der Waals surface area (Å²) < 4.78 is 13.1. The number of rotatable bonds is 5. The second-order valence-electron chi connectivity index (χ2n) is 17.2. The van der Waals surface area contributed by atoms with Crippen molar-refractivity contribution in [3.63, 3.8) is 0 Å². The Morgan fingerprint density at radius 2 is 0.919 bits per heavy atom. The largest absolute Gasteiger partial charge is 0.456 e. The lowest BCUT2D eigenvalue weighted by molar-refractivity contribution is 0.660. The molecule has 62 heavy (non-hydrogen) atoms. The summed E-state index contributed by atoms with van der Waals surface area (Å²) in [6, 6.07) is 72.7. The topological polar surface area (TPSA) is 29.5 Å². The third-order valence-corrected chi connectivity index (χ3v) is 13.5. The van der Waals surface area contributed by atoms with Crippen molar-refractivity contribution in [2.45, 2.75) is 19.3 Å². The Labute approximate surface area is 358 Å². The van der Waals surface area contributed by atoms with Crippen LogP contribution < -0.4 is 4.90 Å². The number of hydrogen-bond acceptors (Lipinski definition) is 3. The highest BCUT2D eigenvalue weighted by Gasteiger charge is 2.36. The monoisotopic (exact) mass is 793 g/mol. The minimum absolute atomic E-state index is 0.183. The Hall–Kier alpha value is -7.88. The molecule has 0 atom stereocenters. The molecule has 2 aromatic heterocycles. The minimum atomic E-state index is -0.183. The van der Waals surface area contributed by atoms with Gasteiger partial charge < -0.3 is 13.7 Å². The van der Waals surface area contributed by atoms with Crippen LogP contribution in [-0.2, 0) is 5.41 Å². The number of benzene rings is 10. The number of nitrogens with zero attached hydrogens (tertiary/aromatic N) is 1. The van der Waals surface area contributed by atoms with E-state index in [-0.39, 0.29) is 5.41 Å². The molecule has 0 N–H and O–H groups in total. The van der Waals surface area contributed by atoms with E-state index in [1.807, 2.05) is 12.1 Å². The highest BCUT2D eigenvalue weighted by atomic mass is 16.3. The number of fused-ring (bicyclic) bond motifs is 12. The number of hydrogen-bond donors (Lipinski definition) is 0. The zero-order chi connectivity index (χ0) is 41.1. The fraction of sp³-hybridized carbons (Fsp3) is 0.0508. The lowest BCUT2D eigenvalue weighted by Crippen LogP contribution is -2.17. The van der Waals surface area contributed by atoms with Gasteiger partial charge in [-0.2, -0.15) is 0 Å². The first-order valence-electron chi connectivity index (χ1n) is 21.4. The second kappa shape index (κ2) is 13.1. The first kappa shape index (κ1) is 34.9. The van der Waals surface area contributed by atoms with Crippen molar-refractivity contribution in [1.29, 1.82) is 0 Å². The summed E-state index contributed by atoms with van der Waals surface area (Å²) in [6.45, 7) is 4.71. The fourth-order valence-corrected chi connectivity index (χ4v) is 10.5. The van der Waals surface area contributed by atoms with Gasteiger partial charge in [-0.3, -0.25) is 0 Å². The van der Waals surface area contributed by atoms with Crippen molar-refractivity contribution in [3.8, 4) is 33.4 Å². The van der Waals surface area contributed by atoms with Gasteiger partial charge in [0.05, 0.1) is 5.69 Å². The summed E-state index contributed by atoms with van der Waals surface area (Å²) >= 11 is 0. The number of para-hydroxylation sites is 2. The van der Waals surface area contributed by atoms with Crippen molar-refractivity contribution in [2.24, 2.45) is 0 Å². The molecule has 0 aliphatic heterocycles. The van der Waals surface area contributed by atoms with Gasteiger partial charge in [-0.15, -0.1) is 0 Å². The van der Waals surface area contributed by atoms with Gasteiger partial charge in [0.2, 0.25) is 0 Å². The van der Waals surface area contributed by atoms with Crippen LogP contribution >= 0.6 is 0 Å². The van der Waals surface area contributed by atoms with E-state index in [4.69, 9.17) is 8.83 Å². The van der Waals surface area contributed by atoms with E-state index in [1.54, 1.807) is 0 Å². The van der Waals surface area contributed by atoms with Gasteiger partial charge in [0, 0.05) is 50.0 Å². The standard InChI is InChI=1S/C59H39NO2/c1-59(2)51-22-10-7-18-44(51)45-30-27-38(34-52(45)59)60(39-28-31-49-47-20-9-12-25-55(47)62-57(49)35-39)53-23-13-21-41(37-26-29-48-46-19-8-11-24-54(46)61-56(48)33-37)58(53)50-32-36-14-3-4-15-40(36)42-16-5-6-17-43(42)50/h3-35H,1-2H3. The maximum atomic E-state index is 6.61. The van der Waals surface area contributed by atoms with Gasteiger partial charge in [0.25, 0.3) is 0 Å². The zero-order valence-corrected chi connectivity index (χ0v) is 34.3. The second-order valence-corrected chi connectivity index (χ2v) is 17.2. The molecule has 3 heteroatoms. The van der Waals surface area contributed by atoms with Crippen molar-refractivity contribution in [2.75, 3.05) is 4.90 Å². The normalized spacial score (nSPS) is 13.1. The number of furan rings is 2. The summed E-state index contributed by atoms with van der Waals surface area (Å²) in [5.74, 6) is 0. The molecule has 0 unspecified atom stereocenters. The van der Waals surface area contributed by atoms with Gasteiger partial charge in [-0.25, -0.2) is 0 Å². The molecule has 13 rings (SSSR count). The SMILES string of the molecule is CC1(C)c2ccccc2-c2ccc(N(c3ccc4c(c3)oc3ccccc34)c3cccc(-c4ccc5c(c4)oc4ccccc45)c3-c3cc4ccccc4c4ccccc34)cc21. The van der Waals surface area contributed by atoms with Crippen LogP contribution in [0.3, 0.4) is 0 Å². The van der Waals surface area contributed by atoms with Crippen molar-refractivity contribution in [3.05, 3.63) is 211 Å². The van der Waals surface area contributed by atoms with E-state index in [0.29, 0.717) is 0 Å². The Balaban J connectivity index is 1.13. The smallest absolute Gasteiger partial charge is 0.137 e. The fourth-order valence-electron chi connectivity index (χ4n) is 10.5. The van der Waals surface area contributed by atoms with E-state index < -0.39 is 0 Å². The minimum Gasteiger partial charge on any atom is -0.456 e. The van der Waals surface area contributed by atoms with Gasteiger partial charge in [-0.1, -0.05) is 147 Å². The van der Waals surface area contributed by atoms with E-state index >= 15 is 0 Å². The quantitative estimate of drug-likeness (QED) is 0.163. The van der Waals surface area contributed by atoms with E-state index in [1.165, 1.54) is 49.4 Å². The van der Waals surface area contributed by atoms with Gasteiger partial charge >= 0.3 is 0 Å². The Morgan fingerprint density at radius 1 is 0.355 bits per heavy atom. The van der Waals surface area contributed by atoms with Crippen LogP contribution in [-0.4, -0.2) is 0 Å². The van der Waals surface area contributed by atoms with Crippen LogP contribution in [0.2, 0.25) is 0 Å². The molecule has 0 bridgehead atoms. The maximum Gasteiger partial charge on any atom is 0.137 e. The Morgan fingerprint density at radius 3 is 1.71 bits per heavy atom. The van der Waals surface area contributed by atoms with Crippen molar-refractivity contribution < 1.29 is 8.83 Å². The van der Waals surface area contributed by atoms with Gasteiger partial charge in [0.15, 0.2) is 0 Å². The predicted octanol–water partition coefficient (Wildman–Crippen LogP) is 16.9. The molecule has 12 aromatic rings. The molecule has 0 saturated carbocycles. The molecule has 1 aliphatic rings. The number of anilines is 3. The average Bonchev–Trinajstić information content (AvgIpc) is 3.95. The molecule has 0 saturated heterocycles. The van der Waals surface area contributed by atoms with Crippen molar-refractivity contribution in [1.82, 2.24) is 0 Å². The van der Waals surface area contributed by atoms with Gasteiger partial charge in [0.1, 0.15) is 22.3 Å². The highest BCUT2D eigenvalue weighted by Crippen LogP contribution is 2.53. The van der Waals surface area contributed by atoms with Crippen LogP contribution in [0.25, 0.3) is 98.8 Å². The van der Waals surface area contributed by atoms with Crippen LogP contribution in [0.4, 0.5) is 17.1 Å². The Bertz CT molecular complexity index is 3810. The van der Waals surface area contributed by atoms with E-state index in [9.17, 15) is 0 Å². The molecular formula is C59H39NO2. The lowest BCUT2D eigenvalue weighted by Gasteiger charge is -2.31. The summed E-state index contributed by atoms with van der Waals surface area (Å²) in [7, 11) is 0.